The summed E-state index contributed by atoms with van der Waals surface area (Å²) in [5.74, 6) is -0.215. The Morgan fingerprint density at radius 1 is 0.903 bits per heavy atom. The number of aryl methyl sites for hydroxylation is 1. The van der Waals surface area contributed by atoms with Gasteiger partial charge < -0.3 is 0 Å². The largest absolute Gasteiger partial charge is 0.283 e. The Kier molecular flexibility index (Phi) is 5.96. The first-order valence-corrected chi connectivity index (χ1v) is 13.2. The van der Waals surface area contributed by atoms with E-state index in [2.05, 4.69) is 4.72 Å². The monoisotopic (exact) mass is 476 g/mol. The number of hydrogen-bond donors (Lipinski definition) is 1. The van der Waals surface area contributed by atoms with Crippen molar-refractivity contribution in [1.29, 1.82) is 0 Å². The van der Waals surface area contributed by atoms with E-state index in [0.717, 1.165) is 12.0 Å². The van der Waals surface area contributed by atoms with Gasteiger partial charge in [-0.3, -0.25) is 9.03 Å². The van der Waals surface area contributed by atoms with Gasteiger partial charge in [-0.05, 0) is 60.4 Å². The SMILES string of the molecule is O=S(=O)(Cc1ccc(Cl)cc1)Nc1ccc2c(c1)N(S(=O)(=O)c1ccccc1)CCC2. The van der Waals surface area contributed by atoms with E-state index in [1.165, 1.54) is 4.31 Å². The van der Waals surface area contributed by atoms with Crippen molar-refractivity contribution in [2.75, 3.05) is 15.6 Å². The molecule has 1 aliphatic rings. The Morgan fingerprint density at radius 2 is 1.61 bits per heavy atom. The first kappa shape index (κ1) is 21.7. The second-order valence-corrected chi connectivity index (χ2v) is 11.3. The van der Waals surface area contributed by atoms with E-state index < -0.39 is 20.0 Å². The third-order valence-corrected chi connectivity index (χ3v) is 8.38. The van der Waals surface area contributed by atoms with Crippen LogP contribution in [0.1, 0.15) is 17.5 Å². The molecule has 4 rings (SSSR count). The van der Waals surface area contributed by atoms with Crippen molar-refractivity contribution in [3.8, 4) is 0 Å². The van der Waals surface area contributed by atoms with Crippen molar-refractivity contribution in [3.05, 3.63) is 88.9 Å². The van der Waals surface area contributed by atoms with Crippen LogP contribution in [0.5, 0.6) is 0 Å². The highest BCUT2D eigenvalue weighted by atomic mass is 35.5. The Labute approximate surface area is 187 Å². The third kappa shape index (κ3) is 4.87. The number of hydrogen-bond acceptors (Lipinski definition) is 4. The lowest BCUT2D eigenvalue weighted by molar-refractivity contribution is 0.586. The number of fused-ring (bicyclic) bond motifs is 1. The summed E-state index contributed by atoms with van der Waals surface area (Å²) in [5, 5.41) is 0.531. The second kappa shape index (κ2) is 8.53. The summed E-state index contributed by atoms with van der Waals surface area (Å²) in [6, 6.07) is 19.9. The highest BCUT2D eigenvalue weighted by molar-refractivity contribution is 7.93. The average Bonchev–Trinajstić information content (AvgIpc) is 2.75. The highest BCUT2D eigenvalue weighted by Crippen LogP contribution is 2.34. The van der Waals surface area contributed by atoms with Crippen molar-refractivity contribution in [3.63, 3.8) is 0 Å². The van der Waals surface area contributed by atoms with Crippen molar-refractivity contribution in [2.24, 2.45) is 0 Å². The number of sulfonamides is 2. The predicted octanol–water partition coefficient (Wildman–Crippen LogP) is 4.42. The van der Waals surface area contributed by atoms with Crippen LogP contribution in [0.3, 0.4) is 0 Å². The molecular formula is C22H21ClN2O4S2. The smallest absolute Gasteiger partial charge is 0.264 e. The molecule has 1 N–H and O–H groups in total. The molecule has 0 spiro atoms. The average molecular weight is 477 g/mol. The molecule has 0 fully saturated rings. The lowest BCUT2D eigenvalue weighted by Gasteiger charge is -2.31. The Bertz CT molecular complexity index is 1290. The van der Waals surface area contributed by atoms with Gasteiger partial charge in [0.15, 0.2) is 0 Å². The van der Waals surface area contributed by atoms with Crippen LogP contribution in [0.15, 0.2) is 77.7 Å². The summed E-state index contributed by atoms with van der Waals surface area (Å²) in [6.07, 6.45) is 1.43. The zero-order valence-corrected chi connectivity index (χ0v) is 18.9. The molecule has 162 valence electrons. The molecule has 31 heavy (non-hydrogen) atoms. The summed E-state index contributed by atoms with van der Waals surface area (Å²) in [7, 11) is -7.44. The van der Waals surface area contributed by atoms with Gasteiger partial charge in [0, 0.05) is 11.6 Å². The third-order valence-electron chi connectivity index (χ3n) is 5.04. The van der Waals surface area contributed by atoms with E-state index in [1.54, 1.807) is 72.8 Å². The number of nitrogens with one attached hydrogen (secondary N) is 1. The molecule has 3 aromatic rings. The summed E-state index contributed by atoms with van der Waals surface area (Å²) >= 11 is 5.86. The number of nitrogens with zero attached hydrogens (tertiary/aromatic N) is 1. The van der Waals surface area contributed by atoms with Crippen LogP contribution in [0, 0.1) is 0 Å². The van der Waals surface area contributed by atoms with E-state index in [1.807, 2.05) is 0 Å². The van der Waals surface area contributed by atoms with Gasteiger partial charge in [0.2, 0.25) is 10.0 Å². The predicted molar refractivity (Wildman–Crippen MR) is 123 cm³/mol. The zero-order chi connectivity index (χ0) is 22.1. The van der Waals surface area contributed by atoms with Gasteiger partial charge in [0.1, 0.15) is 0 Å². The van der Waals surface area contributed by atoms with Crippen molar-refractivity contribution >= 4 is 43.0 Å². The molecule has 0 atom stereocenters. The molecule has 3 aromatic carbocycles. The molecule has 6 nitrogen and oxygen atoms in total. The number of anilines is 2. The van der Waals surface area contributed by atoms with Gasteiger partial charge in [0.25, 0.3) is 10.0 Å². The molecule has 1 aliphatic heterocycles. The van der Waals surface area contributed by atoms with E-state index >= 15 is 0 Å². The van der Waals surface area contributed by atoms with Crippen LogP contribution in [-0.2, 0) is 32.2 Å². The standard InChI is InChI=1S/C22H21ClN2O4S2/c23-19-11-8-17(9-12-19)16-30(26,27)24-20-13-10-18-5-4-14-25(22(18)15-20)31(28,29)21-6-2-1-3-7-21/h1-3,6-13,15,24H,4-5,14,16H2. The quantitative estimate of drug-likeness (QED) is 0.570. The fourth-order valence-electron chi connectivity index (χ4n) is 3.59. The van der Waals surface area contributed by atoms with Crippen LogP contribution in [0.4, 0.5) is 11.4 Å². The van der Waals surface area contributed by atoms with Crippen molar-refractivity contribution in [2.45, 2.75) is 23.5 Å². The van der Waals surface area contributed by atoms with E-state index in [0.29, 0.717) is 34.9 Å². The maximum atomic E-state index is 13.2. The zero-order valence-electron chi connectivity index (χ0n) is 16.5. The van der Waals surface area contributed by atoms with Gasteiger partial charge in [-0.1, -0.05) is 48.0 Å². The first-order valence-electron chi connectivity index (χ1n) is 9.70. The van der Waals surface area contributed by atoms with E-state index in [-0.39, 0.29) is 10.6 Å². The Balaban J connectivity index is 1.62. The van der Waals surface area contributed by atoms with E-state index in [4.69, 9.17) is 11.6 Å². The lowest BCUT2D eigenvalue weighted by Crippen LogP contribution is -2.35. The van der Waals surface area contributed by atoms with Gasteiger partial charge in [-0.2, -0.15) is 0 Å². The second-order valence-electron chi connectivity index (χ2n) is 7.32. The van der Waals surface area contributed by atoms with Crippen LogP contribution in [0.25, 0.3) is 0 Å². The molecule has 0 saturated carbocycles. The van der Waals surface area contributed by atoms with E-state index in [9.17, 15) is 16.8 Å². The summed E-state index contributed by atoms with van der Waals surface area (Å²) < 4.78 is 55.6. The maximum absolute atomic E-state index is 13.2. The van der Waals surface area contributed by atoms with Crippen LogP contribution >= 0.6 is 11.6 Å². The van der Waals surface area contributed by atoms with Crippen LogP contribution in [-0.4, -0.2) is 23.4 Å². The number of benzene rings is 3. The number of rotatable bonds is 6. The molecule has 0 amide bonds. The minimum absolute atomic E-state index is 0.205. The van der Waals surface area contributed by atoms with Crippen LogP contribution < -0.4 is 9.03 Å². The molecule has 0 radical (unpaired) electrons. The summed E-state index contributed by atoms with van der Waals surface area (Å²) in [4.78, 5) is 0.205. The molecule has 0 unspecified atom stereocenters. The van der Waals surface area contributed by atoms with Crippen molar-refractivity contribution < 1.29 is 16.8 Å². The van der Waals surface area contributed by atoms with Gasteiger partial charge >= 0.3 is 0 Å². The maximum Gasteiger partial charge on any atom is 0.264 e. The normalized spacial score (nSPS) is 14.2. The molecule has 0 saturated heterocycles. The van der Waals surface area contributed by atoms with Gasteiger partial charge in [-0.15, -0.1) is 0 Å². The Morgan fingerprint density at radius 3 is 2.32 bits per heavy atom. The first-order chi connectivity index (χ1) is 14.7. The summed E-state index contributed by atoms with van der Waals surface area (Å²) in [5.41, 5.74) is 2.29. The topological polar surface area (TPSA) is 83.6 Å². The fraction of sp³-hybridized carbons (Fsp3) is 0.182. The summed E-state index contributed by atoms with van der Waals surface area (Å²) in [6.45, 7) is 0.338. The highest BCUT2D eigenvalue weighted by Gasteiger charge is 2.29. The van der Waals surface area contributed by atoms with Gasteiger partial charge in [0.05, 0.1) is 22.0 Å². The van der Waals surface area contributed by atoms with Crippen LogP contribution in [0.2, 0.25) is 5.02 Å². The van der Waals surface area contributed by atoms with Crippen molar-refractivity contribution in [1.82, 2.24) is 0 Å². The molecule has 9 heteroatoms. The lowest BCUT2D eigenvalue weighted by atomic mass is 10.0. The molecule has 1 heterocycles. The Hall–Kier alpha value is -2.55. The molecule has 0 aromatic heterocycles. The fourth-order valence-corrected chi connectivity index (χ4v) is 6.46. The molecule has 0 aliphatic carbocycles. The van der Waals surface area contributed by atoms with Gasteiger partial charge in [-0.25, -0.2) is 16.8 Å². The molecule has 0 bridgehead atoms. The molecular weight excluding hydrogens is 456 g/mol. The number of halogens is 1. The minimum atomic E-state index is -3.74. The minimum Gasteiger partial charge on any atom is -0.283 e.